The van der Waals surface area contributed by atoms with E-state index >= 15 is 0 Å². The number of nitrogens with zero attached hydrogens (tertiary/aromatic N) is 2. The van der Waals surface area contributed by atoms with E-state index in [1.54, 1.807) is 61.2 Å². The Bertz CT molecular complexity index is 523. The summed E-state index contributed by atoms with van der Waals surface area (Å²) in [5.41, 5.74) is 0. The second-order valence-corrected chi connectivity index (χ2v) is 7.08. The summed E-state index contributed by atoms with van der Waals surface area (Å²) in [6.45, 7) is 0. The molecule has 19 heavy (non-hydrogen) atoms. The van der Waals surface area contributed by atoms with Gasteiger partial charge in [0, 0.05) is 33.7 Å². The van der Waals surface area contributed by atoms with Gasteiger partial charge < -0.3 is 0 Å². The van der Waals surface area contributed by atoms with E-state index in [9.17, 15) is 4.57 Å². The molecule has 0 N–H and O–H groups in total. The van der Waals surface area contributed by atoms with Crippen molar-refractivity contribution in [2.45, 2.75) is 4.58 Å². The van der Waals surface area contributed by atoms with Crippen LogP contribution in [0.4, 0.5) is 0 Å². The molecule has 0 saturated carbocycles. The zero-order valence-electron chi connectivity index (χ0n) is 9.67. The van der Waals surface area contributed by atoms with Gasteiger partial charge in [-0.2, -0.15) is 9.25 Å². The van der Waals surface area contributed by atoms with Crippen LogP contribution < -0.4 is 18.7 Å². The standard InChI is InChI=1S/C11H11Cl2N2O3P/c12-11(13)19(16,17-14-7-3-1-4-8-14)18-15-9-5-2-6-10-15/h1-11H/q+2. The quantitative estimate of drug-likeness (QED) is 0.479. The summed E-state index contributed by atoms with van der Waals surface area (Å²) in [6.07, 6.45) is 6.23. The summed E-state index contributed by atoms with van der Waals surface area (Å²) in [5, 5.41) is 0. The first-order valence-corrected chi connectivity index (χ1v) is 7.79. The van der Waals surface area contributed by atoms with Crippen LogP contribution in [0, 0.1) is 0 Å². The van der Waals surface area contributed by atoms with Gasteiger partial charge in [-0.1, -0.05) is 35.3 Å². The maximum Gasteiger partial charge on any atom is 0.578 e. The molecule has 0 bridgehead atoms. The predicted molar refractivity (Wildman–Crippen MR) is 69.5 cm³/mol. The first-order valence-electron chi connectivity index (χ1n) is 5.31. The highest BCUT2D eigenvalue weighted by molar-refractivity contribution is 7.58. The number of hydrogen-bond acceptors (Lipinski definition) is 3. The van der Waals surface area contributed by atoms with Crippen molar-refractivity contribution in [1.29, 1.82) is 0 Å². The third-order valence-corrected chi connectivity index (χ3v) is 4.78. The number of pyridine rings is 2. The first-order chi connectivity index (χ1) is 9.10. The molecule has 0 aliphatic rings. The molecule has 0 atom stereocenters. The fraction of sp³-hybridized carbons (Fsp3) is 0.0909. The largest absolute Gasteiger partial charge is 0.578 e. The molecular formula is C11H11Cl2N2O3P+2. The average Bonchev–Trinajstić information content (AvgIpc) is 2.40. The van der Waals surface area contributed by atoms with Crippen LogP contribution in [0.2, 0.25) is 0 Å². The van der Waals surface area contributed by atoms with Gasteiger partial charge >= 0.3 is 7.60 Å². The lowest BCUT2D eigenvalue weighted by molar-refractivity contribution is -0.886. The lowest BCUT2D eigenvalue weighted by atomic mass is 10.5. The maximum atomic E-state index is 12.5. The van der Waals surface area contributed by atoms with Crippen LogP contribution in [-0.4, -0.2) is 4.58 Å². The smallest absolute Gasteiger partial charge is 0.219 e. The highest BCUT2D eigenvalue weighted by Gasteiger charge is 2.46. The molecule has 0 aliphatic heterocycles. The maximum absolute atomic E-state index is 12.5. The molecule has 2 rings (SSSR count). The van der Waals surface area contributed by atoms with Gasteiger partial charge in [0.25, 0.3) is 0 Å². The van der Waals surface area contributed by atoms with Crippen molar-refractivity contribution in [3.63, 3.8) is 0 Å². The number of halogens is 2. The molecule has 0 aromatic carbocycles. The summed E-state index contributed by atoms with van der Waals surface area (Å²) >= 11 is 11.4. The molecule has 2 aromatic heterocycles. The molecule has 0 spiro atoms. The van der Waals surface area contributed by atoms with Gasteiger partial charge in [0.1, 0.15) is 0 Å². The lowest BCUT2D eigenvalue weighted by Gasteiger charge is -2.09. The van der Waals surface area contributed by atoms with E-state index in [1.807, 2.05) is 0 Å². The van der Waals surface area contributed by atoms with Crippen LogP contribution >= 0.6 is 30.8 Å². The lowest BCUT2D eigenvalue weighted by Crippen LogP contribution is -2.48. The van der Waals surface area contributed by atoms with Crippen molar-refractivity contribution in [1.82, 2.24) is 0 Å². The minimum absolute atomic E-state index is 1.22. The minimum Gasteiger partial charge on any atom is -0.219 e. The van der Waals surface area contributed by atoms with Crippen molar-refractivity contribution < 1.29 is 23.3 Å². The van der Waals surface area contributed by atoms with Crippen LogP contribution in [0.3, 0.4) is 0 Å². The van der Waals surface area contributed by atoms with Crippen molar-refractivity contribution >= 4 is 30.8 Å². The Morgan fingerprint density at radius 2 is 1.16 bits per heavy atom. The zero-order valence-corrected chi connectivity index (χ0v) is 12.1. The van der Waals surface area contributed by atoms with E-state index in [2.05, 4.69) is 0 Å². The number of hydrogen-bond donors (Lipinski definition) is 0. The van der Waals surface area contributed by atoms with Crippen LogP contribution in [0.15, 0.2) is 61.2 Å². The molecule has 100 valence electrons. The van der Waals surface area contributed by atoms with Gasteiger partial charge in [-0.25, -0.2) is 4.57 Å². The van der Waals surface area contributed by atoms with Crippen molar-refractivity contribution in [2.24, 2.45) is 0 Å². The second kappa shape index (κ2) is 6.24. The number of aromatic nitrogens is 2. The van der Waals surface area contributed by atoms with Crippen LogP contribution in [0.1, 0.15) is 0 Å². The third-order valence-electron chi connectivity index (χ3n) is 2.03. The molecular weight excluding hydrogens is 310 g/mol. The molecule has 2 heterocycles. The molecule has 8 heteroatoms. The number of alkyl halides is 2. The third kappa shape index (κ3) is 3.83. The summed E-state index contributed by atoms with van der Waals surface area (Å²) in [4.78, 5) is 0. The van der Waals surface area contributed by atoms with Crippen molar-refractivity contribution in [3.8, 4) is 0 Å². The van der Waals surface area contributed by atoms with E-state index in [1.165, 1.54) is 9.46 Å². The molecule has 0 amide bonds. The van der Waals surface area contributed by atoms with Crippen molar-refractivity contribution in [2.75, 3.05) is 0 Å². The summed E-state index contributed by atoms with van der Waals surface area (Å²) in [7, 11) is -3.78. The van der Waals surface area contributed by atoms with Gasteiger partial charge in [0.05, 0.1) is 0 Å². The molecule has 0 radical (unpaired) electrons. The van der Waals surface area contributed by atoms with E-state index in [4.69, 9.17) is 32.5 Å². The highest BCUT2D eigenvalue weighted by atomic mass is 35.5. The van der Waals surface area contributed by atoms with Gasteiger partial charge in [0.15, 0.2) is 0 Å². The van der Waals surface area contributed by atoms with Gasteiger partial charge in [-0.3, -0.25) is 0 Å². The Labute approximate surface area is 120 Å². The fourth-order valence-corrected chi connectivity index (χ4v) is 2.57. The van der Waals surface area contributed by atoms with E-state index in [0.717, 1.165) is 0 Å². The molecule has 2 aromatic rings. The summed E-state index contributed by atoms with van der Waals surface area (Å²) in [5.74, 6) is 0. The molecule has 5 nitrogen and oxygen atoms in total. The Morgan fingerprint density at radius 3 is 1.47 bits per heavy atom. The average molecular weight is 321 g/mol. The number of rotatable bonds is 5. The Morgan fingerprint density at radius 1 is 0.789 bits per heavy atom. The van der Waals surface area contributed by atoms with Gasteiger partial charge in [-0.05, 0) is 0 Å². The van der Waals surface area contributed by atoms with E-state index in [-0.39, 0.29) is 0 Å². The first kappa shape index (κ1) is 14.1. The van der Waals surface area contributed by atoms with Gasteiger partial charge in [0.2, 0.25) is 29.4 Å². The van der Waals surface area contributed by atoms with E-state index in [0.29, 0.717) is 0 Å². The SMILES string of the molecule is O=P(O[n+]1ccccc1)(O[n+]1ccccc1)C(Cl)Cl. The highest BCUT2D eigenvalue weighted by Crippen LogP contribution is 2.48. The predicted octanol–water partition coefficient (Wildman–Crippen LogP) is 1.77. The van der Waals surface area contributed by atoms with Crippen LogP contribution in [-0.2, 0) is 4.57 Å². The monoisotopic (exact) mass is 320 g/mol. The van der Waals surface area contributed by atoms with Crippen LogP contribution in [0.5, 0.6) is 0 Å². The molecule has 0 aliphatic carbocycles. The zero-order chi connectivity index (χ0) is 13.7. The molecule has 0 saturated heterocycles. The molecule has 0 fully saturated rings. The summed E-state index contributed by atoms with van der Waals surface area (Å²) < 4.78 is 24.1. The topological polar surface area (TPSA) is 43.3 Å². The summed E-state index contributed by atoms with van der Waals surface area (Å²) in [6, 6.07) is 10.4. The Kier molecular flexibility index (Phi) is 4.64. The second-order valence-electron chi connectivity index (χ2n) is 3.45. The van der Waals surface area contributed by atoms with Gasteiger partial charge in [-0.15, -0.1) is 0 Å². The van der Waals surface area contributed by atoms with Crippen molar-refractivity contribution in [3.05, 3.63) is 61.2 Å². The Balaban J connectivity index is 2.21. The fourth-order valence-electron chi connectivity index (χ4n) is 1.22. The Hall–Kier alpha value is -1.29. The van der Waals surface area contributed by atoms with Crippen LogP contribution in [0.25, 0.3) is 0 Å². The normalized spacial score (nSPS) is 11.3. The van der Waals surface area contributed by atoms with E-state index < -0.39 is 12.2 Å². The molecule has 0 unspecified atom stereocenters. The minimum atomic E-state index is -3.78.